The summed E-state index contributed by atoms with van der Waals surface area (Å²) in [5, 5.41) is 9.35. The van der Waals surface area contributed by atoms with Gasteiger partial charge in [-0.15, -0.1) is 0 Å². The third-order valence-corrected chi connectivity index (χ3v) is 7.71. The van der Waals surface area contributed by atoms with E-state index < -0.39 is 29.7 Å². The number of carboxylic acid groups (broad SMARTS) is 1. The Morgan fingerprint density at radius 3 is 2.41 bits per heavy atom. The second-order valence-electron chi connectivity index (χ2n) is 10.4. The normalized spacial score (nSPS) is 18.4. The van der Waals surface area contributed by atoms with Gasteiger partial charge in [0.1, 0.15) is 18.2 Å². The van der Waals surface area contributed by atoms with Crippen molar-refractivity contribution in [3.8, 4) is 11.3 Å². The van der Waals surface area contributed by atoms with Crippen LogP contribution >= 0.6 is 0 Å². The number of aromatic nitrogens is 2. The van der Waals surface area contributed by atoms with Crippen LogP contribution in [0.5, 0.6) is 0 Å². The van der Waals surface area contributed by atoms with Crippen molar-refractivity contribution in [1.82, 2.24) is 19.4 Å². The average Bonchev–Trinajstić information content (AvgIpc) is 3.42. The standard InChI is InChI=1S/C29H30F4N4O4/c30-24-9-8-21(15-23(24)29(31,32)33)25-17-37(26(34-25)20-10-13-35(14-11-20)27(38)39)22-7-4-12-36(16-22)28(40)41-18-19-5-2-1-3-6-19/h1-3,5-6,8-9,15,17,20,22H,4,7,10-14,16,18H2,(H,38,39). The molecular formula is C29H30F4N4O4. The first-order valence-corrected chi connectivity index (χ1v) is 13.5. The van der Waals surface area contributed by atoms with Gasteiger partial charge in [0.25, 0.3) is 0 Å². The molecule has 0 spiro atoms. The second-order valence-corrected chi connectivity index (χ2v) is 10.4. The fourth-order valence-electron chi connectivity index (χ4n) is 5.53. The Bertz CT molecular complexity index is 1390. The fraction of sp³-hybridized carbons (Fsp3) is 0.414. The van der Waals surface area contributed by atoms with Crippen LogP contribution in [0.4, 0.5) is 27.2 Å². The monoisotopic (exact) mass is 574 g/mol. The number of nitrogens with zero attached hydrogens (tertiary/aromatic N) is 4. The SMILES string of the molecule is O=C(O)N1CCC(c2nc(-c3ccc(F)c(C(F)(F)F)c3)cn2C2CCCN(C(=O)OCc3ccccc3)C2)CC1. The molecule has 218 valence electrons. The Hall–Kier alpha value is -4.09. The van der Waals surface area contributed by atoms with Crippen molar-refractivity contribution in [2.45, 2.75) is 50.4 Å². The molecule has 2 aromatic carbocycles. The molecule has 0 bridgehead atoms. The zero-order valence-electron chi connectivity index (χ0n) is 22.2. The molecule has 41 heavy (non-hydrogen) atoms. The Kier molecular flexibility index (Phi) is 8.18. The minimum Gasteiger partial charge on any atom is -0.465 e. The van der Waals surface area contributed by atoms with Gasteiger partial charge in [-0.2, -0.15) is 13.2 Å². The van der Waals surface area contributed by atoms with Gasteiger partial charge < -0.3 is 24.2 Å². The van der Waals surface area contributed by atoms with E-state index in [0.717, 1.165) is 17.7 Å². The van der Waals surface area contributed by atoms with Gasteiger partial charge in [0.05, 0.1) is 17.3 Å². The Morgan fingerprint density at radius 2 is 1.73 bits per heavy atom. The number of benzene rings is 2. The van der Waals surface area contributed by atoms with Crippen molar-refractivity contribution < 1.29 is 37.0 Å². The van der Waals surface area contributed by atoms with Gasteiger partial charge in [0, 0.05) is 43.9 Å². The summed E-state index contributed by atoms with van der Waals surface area (Å²) >= 11 is 0. The lowest BCUT2D eigenvalue weighted by atomic mass is 9.95. The largest absolute Gasteiger partial charge is 0.465 e. The molecule has 2 saturated heterocycles. The van der Waals surface area contributed by atoms with Gasteiger partial charge in [0.2, 0.25) is 0 Å². The van der Waals surface area contributed by atoms with E-state index in [-0.39, 0.29) is 29.8 Å². The fourth-order valence-corrected chi connectivity index (χ4v) is 5.53. The molecule has 1 N–H and O–H groups in total. The molecule has 1 atom stereocenters. The van der Waals surface area contributed by atoms with Crippen LogP contribution in [-0.2, 0) is 17.5 Å². The van der Waals surface area contributed by atoms with Gasteiger partial charge in [-0.3, -0.25) is 0 Å². The van der Waals surface area contributed by atoms with Crippen molar-refractivity contribution in [2.24, 2.45) is 0 Å². The number of likely N-dealkylation sites (tertiary alicyclic amines) is 2. The summed E-state index contributed by atoms with van der Waals surface area (Å²) in [5.41, 5.74) is -0.126. The summed E-state index contributed by atoms with van der Waals surface area (Å²) in [5.74, 6) is -0.881. The second kappa shape index (κ2) is 11.8. The minimum absolute atomic E-state index is 0.122. The number of halogens is 4. The van der Waals surface area contributed by atoms with E-state index in [9.17, 15) is 32.3 Å². The first-order valence-electron chi connectivity index (χ1n) is 13.5. The number of carbonyl (C=O) groups excluding carboxylic acids is 1. The summed E-state index contributed by atoms with van der Waals surface area (Å²) in [6, 6.07) is 11.9. The zero-order chi connectivity index (χ0) is 29.1. The minimum atomic E-state index is -4.86. The summed E-state index contributed by atoms with van der Waals surface area (Å²) in [6.07, 6.45) is -2.28. The topological polar surface area (TPSA) is 87.9 Å². The van der Waals surface area contributed by atoms with Gasteiger partial charge >= 0.3 is 18.4 Å². The smallest absolute Gasteiger partial charge is 0.419 e. The summed E-state index contributed by atoms with van der Waals surface area (Å²) in [6.45, 7) is 1.57. The maximum Gasteiger partial charge on any atom is 0.419 e. The van der Waals surface area contributed by atoms with E-state index in [4.69, 9.17) is 9.72 Å². The highest BCUT2D eigenvalue weighted by Gasteiger charge is 2.35. The van der Waals surface area contributed by atoms with E-state index >= 15 is 0 Å². The Morgan fingerprint density at radius 1 is 1.00 bits per heavy atom. The van der Waals surface area contributed by atoms with Crippen LogP contribution in [0.2, 0.25) is 0 Å². The van der Waals surface area contributed by atoms with Crippen molar-refractivity contribution in [1.29, 1.82) is 0 Å². The summed E-state index contributed by atoms with van der Waals surface area (Å²) in [4.78, 5) is 32.0. The Balaban J connectivity index is 1.41. The van der Waals surface area contributed by atoms with Crippen LogP contribution in [0, 0.1) is 5.82 Å². The maximum atomic E-state index is 14.0. The van der Waals surface area contributed by atoms with E-state index in [1.165, 1.54) is 11.0 Å². The number of alkyl halides is 3. The number of amides is 2. The van der Waals surface area contributed by atoms with Crippen molar-refractivity contribution in [2.75, 3.05) is 26.2 Å². The molecule has 3 heterocycles. The van der Waals surface area contributed by atoms with E-state index in [0.29, 0.717) is 57.7 Å². The van der Waals surface area contributed by atoms with E-state index in [2.05, 4.69) is 0 Å². The Labute approximate surface area is 234 Å². The molecule has 1 unspecified atom stereocenters. The number of piperidine rings is 2. The molecule has 2 amide bonds. The van der Waals surface area contributed by atoms with Crippen LogP contribution in [-0.4, -0.2) is 62.8 Å². The van der Waals surface area contributed by atoms with Gasteiger partial charge in [-0.25, -0.2) is 19.0 Å². The van der Waals surface area contributed by atoms with Gasteiger partial charge in [-0.05, 0) is 49.4 Å². The van der Waals surface area contributed by atoms with Crippen LogP contribution < -0.4 is 0 Å². The number of rotatable bonds is 5. The zero-order valence-corrected chi connectivity index (χ0v) is 22.2. The molecule has 12 heteroatoms. The van der Waals surface area contributed by atoms with E-state index in [1.807, 2.05) is 34.9 Å². The number of ether oxygens (including phenoxy) is 1. The van der Waals surface area contributed by atoms with Crippen molar-refractivity contribution in [3.05, 3.63) is 77.5 Å². The van der Waals surface area contributed by atoms with Crippen molar-refractivity contribution in [3.63, 3.8) is 0 Å². The molecule has 5 rings (SSSR count). The molecule has 0 aliphatic carbocycles. The maximum absolute atomic E-state index is 14.0. The highest BCUT2D eigenvalue weighted by molar-refractivity contribution is 5.68. The molecule has 0 radical (unpaired) electrons. The third kappa shape index (κ3) is 6.47. The predicted octanol–water partition coefficient (Wildman–Crippen LogP) is 6.54. The first kappa shape index (κ1) is 28.4. The molecule has 3 aromatic rings. The third-order valence-electron chi connectivity index (χ3n) is 7.71. The highest BCUT2D eigenvalue weighted by atomic mass is 19.4. The van der Waals surface area contributed by atoms with E-state index in [1.54, 1.807) is 11.1 Å². The number of imidazole rings is 1. The average molecular weight is 575 g/mol. The summed E-state index contributed by atoms with van der Waals surface area (Å²) in [7, 11) is 0. The lowest BCUT2D eigenvalue weighted by Crippen LogP contribution is -2.42. The van der Waals surface area contributed by atoms with Crippen LogP contribution in [0.15, 0.2) is 54.7 Å². The molecule has 0 saturated carbocycles. The van der Waals surface area contributed by atoms with Gasteiger partial charge in [-0.1, -0.05) is 30.3 Å². The quantitative estimate of drug-likeness (QED) is 0.350. The highest BCUT2D eigenvalue weighted by Crippen LogP contribution is 2.37. The lowest BCUT2D eigenvalue weighted by Gasteiger charge is -2.35. The molecule has 1 aromatic heterocycles. The lowest BCUT2D eigenvalue weighted by molar-refractivity contribution is -0.139. The molecule has 2 fully saturated rings. The van der Waals surface area contributed by atoms with Crippen LogP contribution in [0.1, 0.15) is 54.6 Å². The van der Waals surface area contributed by atoms with Crippen molar-refractivity contribution >= 4 is 12.2 Å². The molecule has 2 aliphatic heterocycles. The molecule has 8 nitrogen and oxygen atoms in total. The number of hydrogen-bond acceptors (Lipinski definition) is 4. The number of carbonyl (C=O) groups is 2. The first-order chi connectivity index (χ1) is 19.6. The predicted molar refractivity (Wildman–Crippen MR) is 141 cm³/mol. The van der Waals surface area contributed by atoms with Crippen LogP contribution in [0.25, 0.3) is 11.3 Å². The number of hydrogen-bond donors (Lipinski definition) is 1. The van der Waals surface area contributed by atoms with Crippen LogP contribution in [0.3, 0.4) is 0 Å². The molecular weight excluding hydrogens is 544 g/mol. The summed E-state index contributed by atoms with van der Waals surface area (Å²) < 4.78 is 61.7. The molecule has 2 aliphatic rings. The van der Waals surface area contributed by atoms with Gasteiger partial charge in [0.15, 0.2) is 0 Å².